The van der Waals surface area contributed by atoms with Crippen LogP contribution in [0.1, 0.15) is 37.0 Å². The van der Waals surface area contributed by atoms with Gasteiger partial charge in [-0.05, 0) is 43.9 Å². The van der Waals surface area contributed by atoms with E-state index in [4.69, 9.17) is 11.6 Å². The number of H-pyrrole nitrogens is 1. The lowest BCUT2D eigenvalue weighted by Crippen LogP contribution is -2.45. The number of amides is 2. The maximum atomic E-state index is 13.3. The van der Waals surface area contributed by atoms with Crippen molar-refractivity contribution in [2.75, 3.05) is 19.6 Å². The summed E-state index contributed by atoms with van der Waals surface area (Å²) in [5, 5.41) is 0.528. The second-order valence-electron chi connectivity index (χ2n) is 8.29. The summed E-state index contributed by atoms with van der Waals surface area (Å²) in [6, 6.07) is 16.4. The highest BCUT2D eigenvalue weighted by atomic mass is 35.5. The minimum atomic E-state index is -0.647. The third-order valence-electron chi connectivity index (χ3n) is 5.64. The van der Waals surface area contributed by atoms with Crippen molar-refractivity contribution in [1.82, 2.24) is 14.8 Å². The van der Waals surface area contributed by atoms with Crippen LogP contribution in [0.25, 0.3) is 10.9 Å². The molecular weight excluding hydrogens is 422 g/mol. The predicted molar refractivity (Wildman–Crippen MR) is 131 cm³/mol. The summed E-state index contributed by atoms with van der Waals surface area (Å²) in [6.07, 6.45) is 3.52. The molecule has 32 heavy (non-hydrogen) atoms. The van der Waals surface area contributed by atoms with Crippen molar-refractivity contribution < 1.29 is 9.59 Å². The van der Waals surface area contributed by atoms with Crippen LogP contribution in [0.2, 0.25) is 0 Å². The van der Waals surface area contributed by atoms with Crippen molar-refractivity contribution in [2.45, 2.75) is 45.5 Å². The molecule has 5 nitrogen and oxygen atoms in total. The lowest BCUT2D eigenvalue weighted by Gasteiger charge is -2.28. The number of benzene rings is 2. The first-order valence-electron chi connectivity index (χ1n) is 11.2. The van der Waals surface area contributed by atoms with Crippen LogP contribution >= 0.6 is 11.6 Å². The zero-order valence-corrected chi connectivity index (χ0v) is 19.9. The predicted octanol–water partition coefficient (Wildman–Crippen LogP) is 4.91. The van der Waals surface area contributed by atoms with Crippen molar-refractivity contribution in [2.24, 2.45) is 0 Å². The summed E-state index contributed by atoms with van der Waals surface area (Å²) >= 11 is 6.03. The first-order valence-corrected chi connectivity index (χ1v) is 11.6. The molecule has 1 atom stereocenters. The molecule has 0 bridgehead atoms. The zero-order chi connectivity index (χ0) is 23.1. The van der Waals surface area contributed by atoms with Crippen LogP contribution in [0.3, 0.4) is 0 Å². The van der Waals surface area contributed by atoms with Crippen LogP contribution in [0.15, 0.2) is 54.7 Å². The Hall–Kier alpha value is -2.79. The number of nitrogens with one attached hydrogen (secondary N) is 1. The average molecular weight is 454 g/mol. The Balaban J connectivity index is 1.78. The maximum absolute atomic E-state index is 13.3. The molecule has 0 saturated carbocycles. The Morgan fingerprint density at radius 2 is 1.75 bits per heavy atom. The van der Waals surface area contributed by atoms with Crippen LogP contribution in [-0.2, 0) is 22.6 Å². The monoisotopic (exact) mass is 453 g/mol. The summed E-state index contributed by atoms with van der Waals surface area (Å²) in [4.78, 5) is 32.6. The molecule has 1 aromatic heterocycles. The molecule has 0 aliphatic rings. The van der Waals surface area contributed by atoms with Crippen molar-refractivity contribution in [3.63, 3.8) is 0 Å². The standard InChI is InChI=1S/C26H32ClN3O2/c1-4-14-30(26(32)20(3)27)18-25(31)29(17-21-11-9-19(2)10-12-21)15-13-22-16-28-24-8-6-5-7-23(22)24/h5-12,16,20,28H,4,13-15,17-18H2,1-3H3. The molecule has 0 saturated heterocycles. The first-order chi connectivity index (χ1) is 15.4. The molecule has 3 aromatic rings. The lowest BCUT2D eigenvalue weighted by atomic mass is 10.1. The van der Waals surface area contributed by atoms with Gasteiger partial charge >= 0.3 is 0 Å². The van der Waals surface area contributed by atoms with Crippen LogP contribution in [-0.4, -0.2) is 51.6 Å². The Kier molecular flexibility index (Phi) is 8.34. The number of carbonyl (C=O) groups excluding carboxylic acids is 2. The first kappa shape index (κ1) is 23.9. The van der Waals surface area contributed by atoms with Gasteiger partial charge in [-0.2, -0.15) is 0 Å². The van der Waals surface area contributed by atoms with Gasteiger partial charge in [0.1, 0.15) is 5.38 Å². The highest BCUT2D eigenvalue weighted by molar-refractivity contribution is 6.30. The number of halogens is 1. The Morgan fingerprint density at radius 3 is 2.44 bits per heavy atom. The number of hydrogen-bond acceptors (Lipinski definition) is 2. The fourth-order valence-corrected chi connectivity index (χ4v) is 3.99. The summed E-state index contributed by atoms with van der Waals surface area (Å²) in [5.41, 5.74) is 4.52. The van der Waals surface area contributed by atoms with Crippen molar-refractivity contribution in [3.05, 3.63) is 71.4 Å². The number of carbonyl (C=O) groups is 2. The van der Waals surface area contributed by atoms with Crippen molar-refractivity contribution in [3.8, 4) is 0 Å². The van der Waals surface area contributed by atoms with E-state index < -0.39 is 5.38 Å². The molecule has 3 rings (SSSR count). The van der Waals surface area contributed by atoms with Crippen molar-refractivity contribution >= 4 is 34.3 Å². The van der Waals surface area contributed by atoms with Gasteiger partial charge in [0.15, 0.2) is 0 Å². The van der Waals surface area contributed by atoms with Gasteiger partial charge in [-0.15, -0.1) is 11.6 Å². The van der Waals surface area contributed by atoms with E-state index in [2.05, 4.69) is 41.4 Å². The Bertz CT molecular complexity index is 1040. The minimum absolute atomic E-state index is 0.0451. The van der Waals surface area contributed by atoms with Gasteiger partial charge in [-0.1, -0.05) is 55.0 Å². The normalized spacial score (nSPS) is 12.0. The third kappa shape index (κ3) is 6.13. The van der Waals surface area contributed by atoms with E-state index in [0.29, 0.717) is 19.6 Å². The number of rotatable bonds is 10. The smallest absolute Gasteiger partial charge is 0.242 e. The topological polar surface area (TPSA) is 56.4 Å². The Labute approximate surface area is 195 Å². The van der Waals surface area contributed by atoms with Crippen LogP contribution in [0.5, 0.6) is 0 Å². The van der Waals surface area contributed by atoms with E-state index >= 15 is 0 Å². The molecule has 0 aliphatic heterocycles. The third-order valence-corrected chi connectivity index (χ3v) is 5.83. The molecule has 0 radical (unpaired) electrons. The molecule has 170 valence electrons. The van der Waals surface area contributed by atoms with Gasteiger partial charge in [0.2, 0.25) is 11.8 Å². The van der Waals surface area contributed by atoms with E-state index in [1.54, 1.807) is 11.8 Å². The molecule has 2 aromatic carbocycles. The van der Waals surface area contributed by atoms with Crippen LogP contribution < -0.4 is 0 Å². The number of aryl methyl sites for hydroxylation is 1. The quantitative estimate of drug-likeness (QED) is 0.443. The van der Waals surface area contributed by atoms with E-state index in [1.807, 2.05) is 37.1 Å². The fraction of sp³-hybridized carbons (Fsp3) is 0.385. The molecule has 0 fully saturated rings. The average Bonchev–Trinajstić information content (AvgIpc) is 3.20. The number of nitrogens with zero attached hydrogens (tertiary/aromatic N) is 2. The zero-order valence-electron chi connectivity index (χ0n) is 19.1. The van der Waals surface area contributed by atoms with Crippen LogP contribution in [0.4, 0.5) is 0 Å². The SMILES string of the molecule is CCCN(CC(=O)N(CCc1c[nH]c2ccccc12)Cc1ccc(C)cc1)C(=O)C(C)Cl. The second-order valence-corrected chi connectivity index (χ2v) is 8.94. The van der Waals surface area contributed by atoms with Crippen LogP contribution in [0, 0.1) is 6.92 Å². The Morgan fingerprint density at radius 1 is 1.03 bits per heavy atom. The van der Waals surface area contributed by atoms with Gasteiger partial charge in [-0.25, -0.2) is 0 Å². The van der Waals surface area contributed by atoms with Gasteiger partial charge in [0.25, 0.3) is 0 Å². The molecule has 1 unspecified atom stereocenters. The molecule has 0 aliphatic carbocycles. The van der Waals surface area contributed by atoms with E-state index in [1.165, 1.54) is 16.5 Å². The number of alkyl halides is 1. The minimum Gasteiger partial charge on any atom is -0.361 e. The van der Waals surface area contributed by atoms with E-state index in [-0.39, 0.29) is 18.4 Å². The lowest BCUT2D eigenvalue weighted by molar-refractivity contribution is -0.140. The van der Waals surface area contributed by atoms with Gasteiger partial charge in [-0.3, -0.25) is 9.59 Å². The highest BCUT2D eigenvalue weighted by Crippen LogP contribution is 2.19. The van der Waals surface area contributed by atoms with Gasteiger partial charge in [0, 0.05) is 36.7 Å². The van der Waals surface area contributed by atoms with Crippen molar-refractivity contribution in [1.29, 1.82) is 0 Å². The number of hydrogen-bond donors (Lipinski definition) is 1. The fourth-order valence-electron chi connectivity index (χ4n) is 3.85. The molecule has 1 N–H and O–H groups in total. The maximum Gasteiger partial charge on any atom is 0.242 e. The summed E-state index contributed by atoms with van der Waals surface area (Å²) in [6.45, 7) is 7.32. The summed E-state index contributed by atoms with van der Waals surface area (Å²) in [5.74, 6) is -0.265. The van der Waals surface area contributed by atoms with Gasteiger partial charge in [0.05, 0.1) is 6.54 Å². The number of aromatic nitrogens is 1. The molecular formula is C26H32ClN3O2. The molecule has 0 spiro atoms. The highest BCUT2D eigenvalue weighted by Gasteiger charge is 2.23. The molecule has 2 amide bonds. The number of fused-ring (bicyclic) bond motifs is 1. The van der Waals surface area contributed by atoms with E-state index in [9.17, 15) is 9.59 Å². The summed E-state index contributed by atoms with van der Waals surface area (Å²) in [7, 11) is 0. The summed E-state index contributed by atoms with van der Waals surface area (Å²) < 4.78 is 0. The second kappa shape index (κ2) is 11.2. The number of aromatic amines is 1. The number of para-hydroxylation sites is 1. The van der Waals surface area contributed by atoms with E-state index in [0.717, 1.165) is 23.9 Å². The largest absolute Gasteiger partial charge is 0.361 e. The molecule has 6 heteroatoms. The van der Waals surface area contributed by atoms with Gasteiger partial charge < -0.3 is 14.8 Å². The molecule has 1 heterocycles.